The number of hydrogen-bond donors (Lipinski definition) is 2. The number of nitrogens with zero attached hydrogens (tertiary/aromatic N) is 2. The van der Waals surface area contributed by atoms with Crippen LogP contribution < -0.4 is 5.43 Å². The van der Waals surface area contributed by atoms with Crippen molar-refractivity contribution in [2.24, 2.45) is 0 Å². The van der Waals surface area contributed by atoms with Gasteiger partial charge in [0.15, 0.2) is 0 Å². The molecule has 2 aromatic rings. The highest BCUT2D eigenvalue weighted by Crippen LogP contribution is 2.22. The van der Waals surface area contributed by atoms with Gasteiger partial charge in [-0.05, 0) is 29.9 Å². The lowest BCUT2D eigenvalue weighted by molar-refractivity contribution is 0.825. The maximum Gasteiger partial charge on any atom is 0.214 e. The maximum absolute atomic E-state index is 5.90. The van der Waals surface area contributed by atoms with Crippen molar-refractivity contribution in [1.82, 2.24) is 14.9 Å². The molecule has 0 saturated carbocycles. The average Bonchev–Trinajstić information content (AvgIpc) is 2.66. The molecule has 7 heteroatoms. The van der Waals surface area contributed by atoms with E-state index in [4.69, 9.17) is 35.4 Å². The van der Waals surface area contributed by atoms with Gasteiger partial charge in [0, 0.05) is 0 Å². The maximum atomic E-state index is 5.90. The molecule has 0 aliphatic heterocycles. The molecule has 0 saturated heterocycles. The van der Waals surface area contributed by atoms with Crippen LogP contribution in [-0.2, 0) is 6.54 Å². The van der Waals surface area contributed by atoms with Gasteiger partial charge in [0.1, 0.15) is 6.33 Å². The molecular weight excluding hydrogens is 267 g/mol. The number of aromatic amines is 1. The summed E-state index contributed by atoms with van der Waals surface area (Å²) in [5.41, 5.74) is 4.08. The van der Waals surface area contributed by atoms with Gasteiger partial charge in [0.2, 0.25) is 4.77 Å². The zero-order chi connectivity index (χ0) is 11.5. The summed E-state index contributed by atoms with van der Waals surface area (Å²) in [7, 11) is 0. The van der Waals surface area contributed by atoms with E-state index in [1.54, 1.807) is 23.1 Å². The van der Waals surface area contributed by atoms with Crippen molar-refractivity contribution in [1.29, 1.82) is 0 Å². The highest BCUT2D eigenvalue weighted by atomic mass is 35.5. The molecule has 2 N–H and O–H groups in total. The van der Waals surface area contributed by atoms with Crippen LogP contribution in [0.2, 0.25) is 10.0 Å². The first-order chi connectivity index (χ1) is 7.66. The van der Waals surface area contributed by atoms with Crippen molar-refractivity contribution >= 4 is 35.4 Å². The lowest BCUT2D eigenvalue weighted by Crippen LogP contribution is -2.13. The predicted molar refractivity (Wildman–Crippen MR) is 66.9 cm³/mol. The Hall–Kier alpha value is -1.04. The SMILES string of the molecule is S=c1[nH]ncn1NCc1ccc(Cl)c(Cl)c1. The lowest BCUT2D eigenvalue weighted by Gasteiger charge is -2.06. The van der Waals surface area contributed by atoms with Crippen LogP contribution >= 0.6 is 35.4 Å². The quantitative estimate of drug-likeness (QED) is 0.846. The van der Waals surface area contributed by atoms with E-state index in [1.165, 1.54) is 0 Å². The Morgan fingerprint density at radius 1 is 1.38 bits per heavy atom. The Labute approximate surface area is 107 Å². The minimum atomic E-state index is 0.514. The first kappa shape index (κ1) is 11.4. The molecule has 1 aromatic carbocycles. The van der Waals surface area contributed by atoms with E-state index in [-0.39, 0.29) is 0 Å². The fraction of sp³-hybridized carbons (Fsp3) is 0.111. The molecule has 1 heterocycles. The molecule has 2 rings (SSSR count). The fourth-order valence-corrected chi connectivity index (χ4v) is 1.67. The number of nitrogens with one attached hydrogen (secondary N) is 2. The van der Waals surface area contributed by atoms with Crippen LogP contribution in [0.25, 0.3) is 0 Å². The van der Waals surface area contributed by atoms with Crippen LogP contribution in [0.5, 0.6) is 0 Å². The molecule has 4 nitrogen and oxygen atoms in total. The molecule has 0 spiro atoms. The van der Waals surface area contributed by atoms with Crippen LogP contribution in [0.3, 0.4) is 0 Å². The molecule has 0 aliphatic rings. The summed E-state index contributed by atoms with van der Waals surface area (Å²) in [6, 6.07) is 5.46. The van der Waals surface area contributed by atoms with Gasteiger partial charge in [-0.25, -0.2) is 4.68 Å². The normalized spacial score (nSPS) is 10.4. The van der Waals surface area contributed by atoms with Crippen LogP contribution in [0.1, 0.15) is 5.56 Å². The molecule has 0 aliphatic carbocycles. The minimum Gasteiger partial charge on any atom is -0.318 e. The second-order valence-corrected chi connectivity index (χ2v) is 4.32. The summed E-state index contributed by atoms with van der Waals surface area (Å²) in [6.07, 6.45) is 1.57. The lowest BCUT2D eigenvalue weighted by atomic mass is 10.2. The van der Waals surface area contributed by atoms with E-state index in [1.807, 2.05) is 6.07 Å². The third-order valence-electron chi connectivity index (χ3n) is 1.99. The Morgan fingerprint density at radius 2 is 2.19 bits per heavy atom. The van der Waals surface area contributed by atoms with Gasteiger partial charge in [0.25, 0.3) is 0 Å². The van der Waals surface area contributed by atoms with Gasteiger partial charge >= 0.3 is 0 Å². The summed E-state index contributed by atoms with van der Waals surface area (Å²) in [6.45, 7) is 0.588. The van der Waals surface area contributed by atoms with Crippen LogP contribution in [-0.4, -0.2) is 14.9 Å². The smallest absolute Gasteiger partial charge is 0.214 e. The molecule has 1 aromatic heterocycles. The van der Waals surface area contributed by atoms with Crippen molar-refractivity contribution in [2.75, 3.05) is 5.43 Å². The predicted octanol–water partition coefficient (Wildman–Crippen LogP) is 2.99. The first-order valence-corrected chi connectivity index (χ1v) is 5.63. The van der Waals surface area contributed by atoms with E-state index in [9.17, 15) is 0 Å². The fourth-order valence-electron chi connectivity index (χ4n) is 1.19. The minimum absolute atomic E-state index is 0.514. The second kappa shape index (κ2) is 4.86. The van der Waals surface area contributed by atoms with Gasteiger partial charge < -0.3 is 5.43 Å². The molecule has 84 valence electrons. The summed E-state index contributed by atoms with van der Waals surface area (Å²) in [5, 5.41) is 7.52. The summed E-state index contributed by atoms with van der Waals surface area (Å²) >= 11 is 16.7. The number of hydrogen-bond acceptors (Lipinski definition) is 3. The Morgan fingerprint density at radius 3 is 2.81 bits per heavy atom. The molecule has 0 fully saturated rings. The highest BCUT2D eigenvalue weighted by Gasteiger charge is 1.99. The molecule has 0 bridgehead atoms. The molecule has 0 radical (unpaired) electrons. The third-order valence-corrected chi connectivity index (χ3v) is 3.02. The van der Waals surface area contributed by atoms with E-state index in [0.717, 1.165) is 5.56 Å². The molecule has 0 unspecified atom stereocenters. The van der Waals surface area contributed by atoms with Gasteiger partial charge in [-0.15, -0.1) is 0 Å². The van der Waals surface area contributed by atoms with E-state index in [0.29, 0.717) is 21.4 Å². The highest BCUT2D eigenvalue weighted by molar-refractivity contribution is 7.71. The number of halogens is 2. The Bertz CT molecular complexity index is 548. The van der Waals surface area contributed by atoms with Crippen LogP contribution in [0.15, 0.2) is 24.5 Å². The summed E-state index contributed by atoms with van der Waals surface area (Å²) < 4.78 is 2.14. The number of rotatable bonds is 3. The van der Waals surface area contributed by atoms with E-state index >= 15 is 0 Å². The van der Waals surface area contributed by atoms with Gasteiger partial charge in [-0.1, -0.05) is 29.3 Å². The summed E-state index contributed by atoms with van der Waals surface area (Å²) in [4.78, 5) is 0. The number of benzene rings is 1. The van der Waals surface area contributed by atoms with Crippen molar-refractivity contribution in [2.45, 2.75) is 6.54 Å². The Balaban J connectivity index is 2.08. The first-order valence-electron chi connectivity index (χ1n) is 4.46. The van der Waals surface area contributed by atoms with Gasteiger partial charge in [-0.2, -0.15) is 5.10 Å². The second-order valence-electron chi connectivity index (χ2n) is 3.11. The zero-order valence-electron chi connectivity index (χ0n) is 8.08. The van der Waals surface area contributed by atoms with Crippen molar-refractivity contribution in [3.63, 3.8) is 0 Å². The zero-order valence-corrected chi connectivity index (χ0v) is 10.4. The van der Waals surface area contributed by atoms with Crippen LogP contribution in [0, 0.1) is 4.77 Å². The standard InChI is InChI=1S/C9H8Cl2N4S/c10-7-2-1-6(3-8(7)11)4-13-15-5-12-14-9(15)16/h1-3,5,13H,4H2,(H,14,16). The van der Waals surface area contributed by atoms with Crippen molar-refractivity contribution in [3.8, 4) is 0 Å². The van der Waals surface area contributed by atoms with E-state index in [2.05, 4.69) is 15.6 Å². The van der Waals surface area contributed by atoms with Gasteiger partial charge in [-0.3, -0.25) is 5.10 Å². The number of H-pyrrole nitrogens is 1. The molecule has 16 heavy (non-hydrogen) atoms. The van der Waals surface area contributed by atoms with Gasteiger partial charge in [0.05, 0.1) is 16.6 Å². The average molecular weight is 275 g/mol. The molecule has 0 amide bonds. The molecular formula is C9H8Cl2N4S. The van der Waals surface area contributed by atoms with E-state index < -0.39 is 0 Å². The largest absolute Gasteiger partial charge is 0.318 e. The van der Waals surface area contributed by atoms with Crippen LogP contribution in [0.4, 0.5) is 0 Å². The monoisotopic (exact) mass is 274 g/mol. The third kappa shape index (κ3) is 2.55. The topological polar surface area (TPSA) is 45.6 Å². The molecule has 0 atom stereocenters. The number of aromatic nitrogens is 3. The van der Waals surface area contributed by atoms with Crippen molar-refractivity contribution < 1.29 is 0 Å². The Kier molecular flexibility index (Phi) is 3.48. The summed E-state index contributed by atoms with van der Waals surface area (Å²) in [5.74, 6) is 0. The van der Waals surface area contributed by atoms with Crippen molar-refractivity contribution in [3.05, 3.63) is 44.9 Å².